The molecule has 0 radical (unpaired) electrons. The average molecular weight is 336 g/mol. The minimum atomic E-state index is -0.457. The van der Waals surface area contributed by atoms with Crippen molar-refractivity contribution >= 4 is 11.3 Å². The lowest BCUT2D eigenvalue weighted by Crippen LogP contribution is -2.20. The number of H-pyrrole nitrogens is 1. The first-order chi connectivity index (χ1) is 11.7. The van der Waals surface area contributed by atoms with E-state index >= 15 is 0 Å². The van der Waals surface area contributed by atoms with Crippen LogP contribution in [-0.2, 0) is 0 Å². The normalized spacial score (nSPS) is 16.4. The van der Waals surface area contributed by atoms with Gasteiger partial charge >= 0.3 is 0 Å². The van der Waals surface area contributed by atoms with E-state index in [0.717, 1.165) is 21.7 Å². The summed E-state index contributed by atoms with van der Waals surface area (Å²) in [5, 5.41) is 28.6. The number of phenols is 1. The number of rotatable bonds is 2. The Morgan fingerprint density at radius 3 is 2.92 bits per heavy atom. The molecule has 1 aliphatic rings. The van der Waals surface area contributed by atoms with Crippen molar-refractivity contribution in [2.45, 2.75) is 5.92 Å². The van der Waals surface area contributed by atoms with Gasteiger partial charge in [-0.05, 0) is 29.1 Å². The van der Waals surface area contributed by atoms with E-state index < -0.39 is 5.92 Å². The zero-order valence-corrected chi connectivity index (χ0v) is 13.2. The van der Waals surface area contributed by atoms with Crippen LogP contribution in [0.1, 0.15) is 17.0 Å². The summed E-state index contributed by atoms with van der Waals surface area (Å²) in [6, 6.07) is 12.8. The zero-order valence-electron chi connectivity index (χ0n) is 12.4. The molecular formula is C17H12N4O2S. The van der Waals surface area contributed by atoms with Crippen LogP contribution in [0.3, 0.4) is 0 Å². The minimum absolute atomic E-state index is 0.0302. The first-order valence-electron chi connectivity index (χ1n) is 7.17. The Hall–Kier alpha value is -3.24. The van der Waals surface area contributed by atoms with Crippen molar-refractivity contribution in [3.63, 3.8) is 0 Å². The molecule has 0 fully saturated rings. The Labute approximate surface area is 141 Å². The third-order valence-electron chi connectivity index (χ3n) is 3.91. The van der Waals surface area contributed by atoms with Crippen LogP contribution in [0.5, 0.6) is 11.6 Å². The van der Waals surface area contributed by atoms with Gasteiger partial charge in [-0.25, -0.2) is 0 Å². The number of aromatic amines is 1. The maximum absolute atomic E-state index is 9.84. The molecule has 2 aromatic heterocycles. The van der Waals surface area contributed by atoms with Crippen LogP contribution in [0, 0.1) is 11.3 Å². The molecule has 24 heavy (non-hydrogen) atoms. The molecule has 3 heterocycles. The molecule has 4 rings (SSSR count). The summed E-state index contributed by atoms with van der Waals surface area (Å²) < 4.78 is 5.53. The van der Waals surface area contributed by atoms with Gasteiger partial charge in [0.1, 0.15) is 17.4 Å². The first-order valence-corrected chi connectivity index (χ1v) is 8.05. The summed E-state index contributed by atoms with van der Waals surface area (Å²) >= 11 is 1.56. The Morgan fingerprint density at radius 1 is 1.33 bits per heavy atom. The van der Waals surface area contributed by atoms with Crippen LogP contribution in [-0.4, -0.2) is 15.3 Å². The predicted molar refractivity (Wildman–Crippen MR) is 89.3 cm³/mol. The number of allylic oxidation sites excluding steroid dienone is 1. The topological polar surface area (TPSA) is 108 Å². The number of nitrogens with two attached hydrogens (primary N) is 1. The molecular weight excluding hydrogens is 324 g/mol. The number of fused-ring (bicyclic) bond motifs is 1. The molecule has 0 unspecified atom stereocenters. The van der Waals surface area contributed by atoms with Crippen LogP contribution in [0.25, 0.3) is 10.6 Å². The summed E-state index contributed by atoms with van der Waals surface area (Å²) in [6.45, 7) is 0. The van der Waals surface area contributed by atoms with Crippen molar-refractivity contribution in [3.05, 3.63) is 64.4 Å². The van der Waals surface area contributed by atoms with Gasteiger partial charge in [-0.3, -0.25) is 5.10 Å². The molecule has 0 spiro atoms. The summed E-state index contributed by atoms with van der Waals surface area (Å²) in [4.78, 5) is 0.982. The Balaban J connectivity index is 1.97. The molecule has 118 valence electrons. The fourth-order valence-electron chi connectivity index (χ4n) is 2.89. The second kappa shape index (κ2) is 5.44. The highest BCUT2D eigenvalue weighted by Crippen LogP contribution is 2.46. The SMILES string of the molecule is N#CC1=C(N)Oc2n[nH]c(-c3cccs3)c2[C@H]1c1cccc(O)c1. The fourth-order valence-corrected chi connectivity index (χ4v) is 3.63. The van der Waals surface area contributed by atoms with E-state index in [1.807, 2.05) is 23.6 Å². The summed E-state index contributed by atoms with van der Waals surface area (Å²) in [5.41, 5.74) is 8.50. The molecule has 0 amide bonds. The van der Waals surface area contributed by atoms with Crippen molar-refractivity contribution in [1.82, 2.24) is 10.2 Å². The molecule has 0 saturated heterocycles. The Kier molecular flexibility index (Phi) is 3.25. The van der Waals surface area contributed by atoms with Crippen LogP contribution in [0.15, 0.2) is 53.2 Å². The largest absolute Gasteiger partial charge is 0.508 e. The number of nitrogens with zero attached hydrogens (tertiary/aromatic N) is 2. The van der Waals surface area contributed by atoms with Gasteiger partial charge in [0.15, 0.2) is 0 Å². The van der Waals surface area contributed by atoms with E-state index in [4.69, 9.17) is 10.5 Å². The minimum Gasteiger partial charge on any atom is -0.508 e. The summed E-state index contributed by atoms with van der Waals surface area (Å²) in [7, 11) is 0. The van der Waals surface area contributed by atoms with Gasteiger partial charge in [0.05, 0.1) is 22.1 Å². The zero-order chi connectivity index (χ0) is 16.7. The maximum Gasteiger partial charge on any atom is 0.244 e. The predicted octanol–water partition coefficient (Wildman–Crippen LogP) is 3.06. The van der Waals surface area contributed by atoms with Crippen molar-refractivity contribution in [1.29, 1.82) is 5.26 Å². The van der Waals surface area contributed by atoms with Crippen molar-refractivity contribution in [2.24, 2.45) is 5.73 Å². The molecule has 1 aromatic carbocycles. The van der Waals surface area contributed by atoms with E-state index in [-0.39, 0.29) is 11.6 Å². The lowest BCUT2D eigenvalue weighted by atomic mass is 9.84. The Bertz CT molecular complexity index is 982. The third-order valence-corrected chi connectivity index (χ3v) is 4.80. The number of phenolic OH excluding ortho intramolecular Hbond substituents is 1. The highest BCUT2D eigenvalue weighted by atomic mass is 32.1. The number of nitrogens with one attached hydrogen (secondary N) is 1. The molecule has 0 bridgehead atoms. The van der Waals surface area contributed by atoms with Gasteiger partial charge in [0.2, 0.25) is 11.8 Å². The molecule has 0 aliphatic carbocycles. The van der Waals surface area contributed by atoms with Crippen LogP contribution < -0.4 is 10.5 Å². The smallest absolute Gasteiger partial charge is 0.244 e. The second-order valence-corrected chi connectivity index (χ2v) is 6.26. The van der Waals surface area contributed by atoms with Crippen LogP contribution in [0.2, 0.25) is 0 Å². The van der Waals surface area contributed by atoms with Gasteiger partial charge in [0.25, 0.3) is 0 Å². The van der Waals surface area contributed by atoms with Gasteiger partial charge < -0.3 is 15.6 Å². The van der Waals surface area contributed by atoms with Crippen molar-refractivity contribution in [2.75, 3.05) is 0 Å². The van der Waals surface area contributed by atoms with Gasteiger partial charge in [-0.2, -0.15) is 5.26 Å². The number of thiophene rings is 1. The van der Waals surface area contributed by atoms with Crippen LogP contribution in [0.4, 0.5) is 0 Å². The number of hydrogen-bond acceptors (Lipinski definition) is 6. The average Bonchev–Trinajstić information content (AvgIpc) is 3.22. The lowest BCUT2D eigenvalue weighted by Gasteiger charge is -2.23. The fraction of sp³-hybridized carbons (Fsp3) is 0.0588. The van der Waals surface area contributed by atoms with Crippen LogP contribution >= 0.6 is 11.3 Å². The molecule has 7 heteroatoms. The van der Waals surface area contributed by atoms with E-state index in [0.29, 0.717) is 11.5 Å². The third kappa shape index (κ3) is 2.13. The van der Waals surface area contributed by atoms with Crippen molar-refractivity contribution < 1.29 is 9.84 Å². The summed E-state index contributed by atoms with van der Waals surface area (Å²) in [5.74, 6) is 0.0464. The number of aromatic nitrogens is 2. The molecule has 0 saturated carbocycles. The van der Waals surface area contributed by atoms with E-state index in [1.54, 1.807) is 29.5 Å². The molecule has 1 aliphatic heterocycles. The number of nitriles is 1. The molecule has 3 aromatic rings. The molecule has 1 atom stereocenters. The van der Waals surface area contributed by atoms with Gasteiger partial charge in [-0.15, -0.1) is 16.4 Å². The monoisotopic (exact) mass is 336 g/mol. The number of benzene rings is 1. The lowest BCUT2D eigenvalue weighted by molar-refractivity contribution is 0.379. The first kappa shape index (κ1) is 14.4. The maximum atomic E-state index is 9.84. The highest BCUT2D eigenvalue weighted by molar-refractivity contribution is 7.13. The van der Waals surface area contributed by atoms with Crippen molar-refractivity contribution in [3.8, 4) is 28.3 Å². The second-order valence-electron chi connectivity index (χ2n) is 5.31. The number of ether oxygens (including phenoxy) is 1. The standard InChI is InChI=1S/C17H12N4O2S/c18-8-11-13(9-3-1-4-10(22)7-9)14-15(12-5-2-6-24-12)20-21-17(14)23-16(11)19/h1-7,13,22H,19H2,(H,20,21)/t13-/m0/s1. The van der Waals surface area contributed by atoms with E-state index in [2.05, 4.69) is 16.3 Å². The van der Waals surface area contributed by atoms with Gasteiger partial charge in [-0.1, -0.05) is 18.2 Å². The highest BCUT2D eigenvalue weighted by Gasteiger charge is 2.35. The van der Waals surface area contributed by atoms with E-state index in [9.17, 15) is 10.4 Å². The molecule has 6 nitrogen and oxygen atoms in total. The number of hydrogen-bond donors (Lipinski definition) is 3. The summed E-state index contributed by atoms with van der Waals surface area (Å²) in [6.07, 6.45) is 0. The quantitative estimate of drug-likeness (QED) is 0.666. The Morgan fingerprint density at radius 2 is 2.21 bits per heavy atom. The molecule has 4 N–H and O–H groups in total. The van der Waals surface area contributed by atoms with E-state index in [1.165, 1.54) is 0 Å². The number of aromatic hydroxyl groups is 1. The van der Waals surface area contributed by atoms with Gasteiger partial charge in [0, 0.05) is 0 Å².